The highest BCUT2D eigenvalue weighted by Crippen LogP contribution is 2.41. The summed E-state index contributed by atoms with van der Waals surface area (Å²) in [6.45, 7) is 4.33. The fourth-order valence-corrected chi connectivity index (χ4v) is 3.71. The van der Waals surface area contributed by atoms with E-state index in [9.17, 15) is 10.1 Å². The molecule has 1 saturated carbocycles. The molecule has 1 fully saturated rings. The van der Waals surface area contributed by atoms with Gasteiger partial charge in [0.2, 0.25) is 0 Å². The average molecular weight is 341 g/mol. The van der Waals surface area contributed by atoms with E-state index in [1.807, 2.05) is 24.3 Å². The number of nitriles is 1. The Morgan fingerprint density at radius 3 is 2.40 bits per heavy atom. The molecule has 3 nitrogen and oxygen atoms in total. The minimum Gasteiger partial charge on any atom is -0.459 e. The minimum absolute atomic E-state index is 0.0459. The van der Waals surface area contributed by atoms with Crippen molar-refractivity contribution < 1.29 is 9.53 Å². The van der Waals surface area contributed by atoms with E-state index in [-0.39, 0.29) is 17.5 Å². The minimum atomic E-state index is -0.233. The van der Waals surface area contributed by atoms with E-state index in [0.717, 1.165) is 51.4 Å². The van der Waals surface area contributed by atoms with E-state index in [0.29, 0.717) is 5.56 Å². The Balaban J connectivity index is 1.84. The van der Waals surface area contributed by atoms with Gasteiger partial charge >= 0.3 is 5.97 Å². The number of carbonyl (C=O) groups is 1. The van der Waals surface area contributed by atoms with E-state index >= 15 is 0 Å². The van der Waals surface area contributed by atoms with Gasteiger partial charge in [-0.3, -0.25) is 0 Å². The summed E-state index contributed by atoms with van der Waals surface area (Å²) in [5.41, 5.74) is 1.68. The molecule has 0 unspecified atom stereocenters. The molecule has 1 aliphatic carbocycles. The monoisotopic (exact) mass is 341 g/mol. The lowest BCUT2D eigenvalue weighted by molar-refractivity contribution is 0.0105. The second kappa shape index (κ2) is 9.61. The molecule has 0 heterocycles. The standard InChI is InChI=1S/C22H31NO2/c1-3-5-6-14-22(17-23)15-12-20(13-16-22)25-21(24)19-10-8-18(7-4-2)9-11-19/h8-11,20H,3-7,12-16H2,1-2H3/t20-,22+. The normalized spacial score (nSPS) is 23.0. The van der Waals surface area contributed by atoms with Gasteiger partial charge < -0.3 is 4.74 Å². The largest absolute Gasteiger partial charge is 0.459 e. The summed E-state index contributed by atoms with van der Waals surface area (Å²) in [4.78, 5) is 12.3. The summed E-state index contributed by atoms with van der Waals surface area (Å²) in [7, 11) is 0. The number of rotatable bonds is 8. The van der Waals surface area contributed by atoms with Crippen LogP contribution in [-0.4, -0.2) is 12.1 Å². The molecule has 0 N–H and O–H groups in total. The smallest absolute Gasteiger partial charge is 0.338 e. The van der Waals surface area contributed by atoms with E-state index in [4.69, 9.17) is 4.74 Å². The van der Waals surface area contributed by atoms with Gasteiger partial charge in [-0.2, -0.15) is 5.26 Å². The van der Waals surface area contributed by atoms with E-state index in [2.05, 4.69) is 19.9 Å². The highest BCUT2D eigenvalue weighted by Gasteiger charge is 2.36. The van der Waals surface area contributed by atoms with Crippen molar-refractivity contribution in [2.75, 3.05) is 0 Å². The SMILES string of the molecule is CCCCC[C@]1(C#N)CC[C@@H](OC(=O)c2ccc(CCC)cc2)CC1. The summed E-state index contributed by atoms with van der Waals surface area (Å²) < 4.78 is 5.69. The molecule has 0 aromatic heterocycles. The van der Waals surface area contributed by atoms with Crippen LogP contribution in [0.3, 0.4) is 0 Å². The lowest BCUT2D eigenvalue weighted by Crippen LogP contribution is -2.31. The number of aryl methyl sites for hydroxylation is 1. The van der Waals surface area contributed by atoms with Crippen molar-refractivity contribution in [3.05, 3.63) is 35.4 Å². The van der Waals surface area contributed by atoms with Gasteiger partial charge in [0.15, 0.2) is 0 Å². The molecule has 2 rings (SSSR count). The van der Waals surface area contributed by atoms with Crippen LogP contribution in [0.4, 0.5) is 0 Å². The van der Waals surface area contributed by atoms with Gasteiger partial charge in [-0.25, -0.2) is 4.79 Å². The Morgan fingerprint density at radius 2 is 1.84 bits per heavy atom. The number of benzene rings is 1. The average Bonchev–Trinajstić information content (AvgIpc) is 2.64. The van der Waals surface area contributed by atoms with Gasteiger partial charge in [0.1, 0.15) is 6.10 Å². The summed E-state index contributed by atoms with van der Waals surface area (Å²) in [6.07, 6.45) is 9.87. The number of hydrogen-bond donors (Lipinski definition) is 0. The van der Waals surface area contributed by atoms with Crippen LogP contribution in [0.5, 0.6) is 0 Å². The van der Waals surface area contributed by atoms with E-state index in [1.54, 1.807) is 0 Å². The van der Waals surface area contributed by atoms with Crippen LogP contribution in [0.25, 0.3) is 0 Å². The predicted octanol–water partition coefficient (Wildman–Crippen LogP) is 5.83. The first-order valence-corrected chi connectivity index (χ1v) is 9.83. The van der Waals surface area contributed by atoms with E-state index in [1.165, 1.54) is 18.4 Å². The number of hydrogen-bond acceptors (Lipinski definition) is 3. The molecule has 0 saturated heterocycles. The Morgan fingerprint density at radius 1 is 1.16 bits per heavy atom. The maximum absolute atomic E-state index is 12.3. The number of esters is 1. The van der Waals surface area contributed by atoms with Gasteiger partial charge in [0.25, 0.3) is 0 Å². The maximum atomic E-state index is 12.3. The van der Waals surface area contributed by atoms with Crippen molar-refractivity contribution in [1.82, 2.24) is 0 Å². The Bertz CT molecular complexity index is 577. The number of unbranched alkanes of at least 4 members (excludes halogenated alkanes) is 2. The Kier molecular flexibility index (Phi) is 7.50. The molecule has 0 amide bonds. The molecule has 0 bridgehead atoms. The summed E-state index contributed by atoms with van der Waals surface area (Å²) >= 11 is 0. The number of nitrogens with zero attached hydrogens (tertiary/aromatic N) is 1. The van der Waals surface area contributed by atoms with Crippen LogP contribution < -0.4 is 0 Å². The molecule has 0 aliphatic heterocycles. The van der Waals surface area contributed by atoms with Gasteiger partial charge in [0.05, 0.1) is 17.0 Å². The molecule has 25 heavy (non-hydrogen) atoms. The van der Waals surface area contributed by atoms with Crippen LogP contribution in [0, 0.1) is 16.7 Å². The molecule has 0 atom stereocenters. The van der Waals surface area contributed by atoms with Gasteiger partial charge in [0, 0.05) is 0 Å². The number of ether oxygens (including phenoxy) is 1. The molecule has 1 aromatic carbocycles. The van der Waals surface area contributed by atoms with E-state index < -0.39 is 0 Å². The van der Waals surface area contributed by atoms with Gasteiger partial charge in [-0.1, -0.05) is 51.7 Å². The zero-order valence-corrected chi connectivity index (χ0v) is 15.7. The zero-order valence-electron chi connectivity index (χ0n) is 15.7. The third-order valence-corrected chi connectivity index (χ3v) is 5.39. The zero-order chi connectivity index (χ0) is 18.1. The van der Waals surface area contributed by atoms with Gasteiger partial charge in [-0.15, -0.1) is 0 Å². The molecule has 0 spiro atoms. The third kappa shape index (κ3) is 5.59. The van der Waals surface area contributed by atoms with Crippen LogP contribution in [0.1, 0.15) is 87.6 Å². The number of carbonyl (C=O) groups excluding carboxylic acids is 1. The van der Waals surface area contributed by atoms with Crippen LogP contribution in [0.15, 0.2) is 24.3 Å². The van der Waals surface area contributed by atoms with Crippen LogP contribution in [-0.2, 0) is 11.2 Å². The Hall–Kier alpha value is -1.82. The lowest BCUT2D eigenvalue weighted by atomic mass is 9.71. The van der Waals surface area contributed by atoms with Gasteiger partial charge in [-0.05, 0) is 56.2 Å². The summed E-state index contributed by atoms with van der Waals surface area (Å²) in [5.74, 6) is -0.233. The van der Waals surface area contributed by atoms with Crippen molar-refractivity contribution in [2.24, 2.45) is 5.41 Å². The second-order valence-corrected chi connectivity index (χ2v) is 7.40. The quantitative estimate of drug-likeness (QED) is 0.441. The van der Waals surface area contributed by atoms with Crippen molar-refractivity contribution in [3.8, 4) is 6.07 Å². The fraction of sp³-hybridized carbons (Fsp3) is 0.636. The molecule has 3 heteroatoms. The molecule has 1 aromatic rings. The molecular weight excluding hydrogens is 310 g/mol. The van der Waals surface area contributed by atoms with Crippen molar-refractivity contribution in [3.63, 3.8) is 0 Å². The lowest BCUT2D eigenvalue weighted by Gasteiger charge is -2.34. The summed E-state index contributed by atoms with van der Waals surface area (Å²) in [6, 6.07) is 10.3. The highest BCUT2D eigenvalue weighted by atomic mass is 16.5. The second-order valence-electron chi connectivity index (χ2n) is 7.40. The fourth-order valence-electron chi connectivity index (χ4n) is 3.71. The molecule has 0 radical (unpaired) electrons. The Labute approximate surface area is 152 Å². The van der Waals surface area contributed by atoms with Crippen LogP contribution in [0.2, 0.25) is 0 Å². The van der Waals surface area contributed by atoms with Crippen molar-refractivity contribution in [2.45, 2.75) is 84.2 Å². The summed E-state index contributed by atoms with van der Waals surface area (Å²) in [5, 5.41) is 9.60. The van der Waals surface area contributed by atoms with Crippen LogP contribution >= 0.6 is 0 Å². The van der Waals surface area contributed by atoms with Crippen molar-refractivity contribution in [1.29, 1.82) is 5.26 Å². The third-order valence-electron chi connectivity index (χ3n) is 5.39. The molecular formula is C22H31NO2. The predicted molar refractivity (Wildman–Crippen MR) is 100 cm³/mol. The highest BCUT2D eigenvalue weighted by molar-refractivity contribution is 5.89. The molecule has 136 valence electrons. The topological polar surface area (TPSA) is 50.1 Å². The first-order valence-electron chi connectivity index (χ1n) is 9.83. The molecule has 1 aliphatic rings. The first kappa shape index (κ1) is 19.5. The first-order chi connectivity index (χ1) is 12.1. The van der Waals surface area contributed by atoms with Crippen molar-refractivity contribution >= 4 is 5.97 Å². The maximum Gasteiger partial charge on any atom is 0.338 e.